The predicted molar refractivity (Wildman–Crippen MR) is 75.9 cm³/mol. The highest BCUT2D eigenvalue weighted by atomic mass is 35.5. The molecule has 0 saturated carbocycles. The molecule has 0 radical (unpaired) electrons. The summed E-state index contributed by atoms with van der Waals surface area (Å²) in [6.07, 6.45) is 0.448. The van der Waals surface area contributed by atoms with Gasteiger partial charge in [-0.3, -0.25) is 4.79 Å². The highest BCUT2D eigenvalue weighted by Gasteiger charge is 2.11. The number of nitrogen functional groups attached to an aromatic ring is 1. The van der Waals surface area contributed by atoms with E-state index in [4.69, 9.17) is 33.5 Å². The molecule has 1 heterocycles. The van der Waals surface area contributed by atoms with Crippen molar-refractivity contribution >= 4 is 34.8 Å². The van der Waals surface area contributed by atoms with E-state index in [1.807, 2.05) is 0 Å². The van der Waals surface area contributed by atoms with Crippen LogP contribution in [0.4, 0.5) is 5.69 Å². The van der Waals surface area contributed by atoms with Crippen LogP contribution in [0.3, 0.4) is 0 Å². The van der Waals surface area contributed by atoms with Gasteiger partial charge in [-0.15, -0.1) is 0 Å². The number of nitrogens with zero attached hydrogens (tertiary/aromatic N) is 2. The summed E-state index contributed by atoms with van der Waals surface area (Å²) in [5, 5.41) is 6.85. The molecule has 2 rings (SSSR count). The Kier molecular flexibility index (Phi) is 4.46. The van der Waals surface area contributed by atoms with Crippen molar-refractivity contribution in [3.8, 4) is 0 Å². The second-order valence-corrected chi connectivity index (χ2v) is 4.89. The molecule has 0 aliphatic heterocycles. The van der Waals surface area contributed by atoms with E-state index < -0.39 is 0 Å². The molecule has 1 amide bonds. The molecule has 0 saturated heterocycles. The summed E-state index contributed by atoms with van der Waals surface area (Å²) < 4.78 is 4.93. The van der Waals surface area contributed by atoms with Crippen LogP contribution in [0.25, 0.3) is 0 Å². The van der Waals surface area contributed by atoms with Crippen LogP contribution in [0.2, 0.25) is 10.0 Å². The highest BCUT2D eigenvalue weighted by Crippen LogP contribution is 2.29. The zero-order valence-electron chi connectivity index (χ0n) is 10.6. The Morgan fingerprint density at radius 3 is 2.80 bits per heavy atom. The van der Waals surface area contributed by atoms with Gasteiger partial charge in [-0.25, -0.2) is 0 Å². The summed E-state index contributed by atoms with van der Waals surface area (Å²) in [6.45, 7) is 2.09. The van der Waals surface area contributed by atoms with Crippen molar-refractivity contribution in [2.24, 2.45) is 0 Å². The van der Waals surface area contributed by atoms with Crippen LogP contribution in [0.15, 0.2) is 16.7 Å². The summed E-state index contributed by atoms with van der Waals surface area (Å²) in [4.78, 5) is 16.0. The van der Waals surface area contributed by atoms with Gasteiger partial charge in [0.05, 0.1) is 15.7 Å². The predicted octanol–water partition coefficient (Wildman–Crippen LogP) is 2.24. The number of benzene rings is 1. The quantitative estimate of drug-likeness (QED) is 0.844. The monoisotopic (exact) mass is 314 g/mol. The smallest absolute Gasteiger partial charge is 0.251 e. The lowest BCUT2D eigenvalue weighted by Gasteiger charge is -2.07. The molecular weight excluding hydrogens is 303 g/mol. The molecule has 0 bridgehead atoms. The van der Waals surface area contributed by atoms with Crippen molar-refractivity contribution in [1.29, 1.82) is 0 Å². The molecular formula is C12H12Cl2N4O2. The number of hydrogen-bond donors (Lipinski definition) is 2. The molecule has 0 atom stereocenters. The molecule has 3 N–H and O–H groups in total. The summed E-state index contributed by atoms with van der Waals surface area (Å²) >= 11 is 11.7. The van der Waals surface area contributed by atoms with E-state index >= 15 is 0 Å². The van der Waals surface area contributed by atoms with Gasteiger partial charge in [0.25, 0.3) is 5.91 Å². The number of aryl methyl sites for hydroxylation is 1. The number of hydrogen-bond acceptors (Lipinski definition) is 5. The lowest BCUT2D eigenvalue weighted by atomic mass is 10.2. The van der Waals surface area contributed by atoms with Crippen molar-refractivity contribution in [2.45, 2.75) is 13.3 Å². The number of nitrogens with two attached hydrogens (primary N) is 1. The van der Waals surface area contributed by atoms with Crippen LogP contribution in [0.5, 0.6) is 0 Å². The van der Waals surface area contributed by atoms with Gasteiger partial charge in [0.1, 0.15) is 0 Å². The first-order valence-electron chi connectivity index (χ1n) is 5.79. The maximum Gasteiger partial charge on any atom is 0.251 e. The number of carbonyl (C=O) groups excluding carboxylic acids is 1. The van der Waals surface area contributed by atoms with E-state index in [1.165, 1.54) is 12.1 Å². The fourth-order valence-electron chi connectivity index (χ4n) is 1.57. The van der Waals surface area contributed by atoms with Crippen molar-refractivity contribution in [1.82, 2.24) is 15.5 Å². The number of nitrogens with one attached hydrogen (secondary N) is 1. The van der Waals surface area contributed by atoms with Gasteiger partial charge >= 0.3 is 0 Å². The van der Waals surface area contributed by atoms with E-state index in [-0.39, 0.29) is 21.6 Å². The van der Waals surface area contributed by atoms with E-state index in [0.717, 1.165) is 0 Å². The summed E-state index contributed by atoms with van der Waals surface area (Å²) in [5.74, 6) is 0.728. The maximum atomic E-state index is 11.9. The first-order valence-corrected chi connectivity index (χ1v) is 6.55. The lowest BCUT2D eigenvalue weighted by Crippen LogP contribution is -2.25. The standard InChI is InChI=1S/C12H12Cl2N4O2/c1-6-17-10(20-18-6)2-3-16-12(19)7-4-8(13)11(14)9(15)5-7/h4-5H,2-3,15H2,1H3,(H,16,19). The topological polar surface area (TPSA) is 94.0 Å². The van der Waals surface area contributed by atoms with E-state index in [2.05, 4.69) is 15.5 Å². The number of rotatable bonds is 4. The van der Waals surface area contributed by atoms with Crippen LogP contribution in [-0.2, 0) is 6.42 Å². The average molecular weight is 315 g/mol. The Morgan fingerprint density at radius 1 is 1.45 bits per heavy atom. The molecule has 106 valence electrons. The second-order valence-electron chi connectivity index (χ2n) is 4.10. The molecule has 0 fully saturated rings. The SMILES string of the molecule is Cc1noc(CCNC(=O)c2cc(N)c(Cl)c(Cl)c2)n1. The first-order chi connectivity index (χ1) is 9.47. The number of amides is 1. The molecule has 1 aromatic carbocycles. The normalized spacial score (nSPS) is 10.6. The molecule has 20 heavy (non-hydrogen) atoms. The van der Waals surface area contributed by atoms with Crippen molar-refractivity contribution in [3.05, 3.63) is 39.5 Å². The van der Waals surface area contributed by atoms with E-state index in [0.29, 0.717) is 30.2 Å². The first kappa shape index (κ1) is 14.6. The Morgan fingerprint density at radius 2 is 2.20 bits per heavy atom. The lowest BCUT2D eigenvalue weighted by molar-refractivity contribution is 0.0953. The van der Waals surface area contributed by atoms with Crippen LogP contribution < -0.4 is 11.1 Å². The van der Waals surface area contributed by atoms with Gasteiger partial charge in [0.2, 0.25) is 5.89 Å². The third-order valence-electron chi connectivity index (χ3n) is 2.51. The van der Waals surface area contributed by atoms with Gasteiger partial charge in [0.15, 0.2) is 5.82 Å². The number of carbonyl (C=O) groups is 1. The Bertz CT molecular complexity index is 619. The van der Waals surface area contributed by atoms with E-state index in [1.54, 1.807) is 6.92 Å². The molecule has 2 aromatic rings. The average Bonchev–Trinajstić information content (AvgIpc) is 2.81. The van der Waals surface area contributed by atoms with E-state index in [9.17, 15) is 4.79 Å². The highest BCUT2D eigenvalue weighted by molar-refractivity contribution is 6.43. The number of anilines is 1. The molecule has 0 aliphatic carbocycles. The van der Waals surface area contributed by atoms with Crippen LogP contribution in [0.1, 0.15) is 22.1 Å². The fraction of sp³-hybridized carbons (Fsp3) is 0.250. The van der Waals surface area contributed by atoms with Crippen molar-refractivity contribution < 1.29 is 9.32 Å². The number of aromatic nitrogens is 2. The van der Waals surface area contributed by atoms with Crippen LogP contribution in [0, 0.1) is 6.92 Å². The third-order valence-corrected chi connectivity index (χ3v) is 3.33. The zero-order valence-corrected chi connectivity index (χ0v) is 12.1. The maximum absolute atomic E-state index is 11.9. The Hall–Kier alpha value is -1.79. The minimum Gasteiger partial charge on any atom is -0.397 e. The summed E-state index contributed by atoms with van der Waals surface area (Å²) in [5.41, 5.74) is 6.26. The number of halogens is 2. The molecule has 0 spiro atoms. The van der Waals surface area contributed by atoms with Crippen molar-refractivity contribution in [2.75, 3.05) is 12.3 Å². The molecule has 1 aromatic heterocycles. The minimum absolute atomic E-state index is 0.240. The van der Waals surface area contributed by atoms with Crippen LogP contribution >= 0.6 is 23.2 Å². The second kappa shape index (κ2) is 6.11. The van der Waals surface area contributed by atoms with Gasteiger partial charge in [-0.05, 0) is 19.1 Å². The Labute approximate surface area is 125 Å². The summed E-state index contributed by atoms with van der Waals surface area (Å²) in [7, 11) is 0. The van der Waals surface area contributed by atoms with Gasteiger partial charge in [0, 0.05) is 18.5 Å². The minimum atomic E-state index is -0.300. The van der Waals surface area contributed by atoms with Crippen molar-refractivity contribution in [3.63, 3.8) is 0 Å². The van der Waals surface area contributed by atoms with Gasteiger partial charge in [-0.2, -0.15) is 4.98 Å². The molecule has 6 nitrogen and oxygen atoms in total. The van der Waals surface area contributed by atoms with Crippen LogP contribution in [-0.4, -0.2) is 22.6 Å². The summed E-state index contributed by atoms with van der Waals surface area (Å²) in [6, 6.07) is 2.94. The fourth-order valence-corrected chi connectivity index (χ4v) is 1.90. The third kappa shape index (κ3) is 3.40. The molecule has 8 heteroatoms. The Balaban J connectivity index is 1.95. The zero-order chi connectivity index (χ0) is 14.7. The molecule has 0 unspecified atom stereocenters. The molecule has 0 aliphatic rings. The van der Waals surface area contributed by atoms with Gasteiger partial charge < -0.3 is 15.6 Å². The largest absolute Gasteiger partial charge is 0.397 e. The van der Waals surface area contributed by atoms with Gasteiger partial charge in [-0.1, -0.05) is 28.4 Å².